The Hall–Kier alpha value is -0.910. The zero-order valence-electron chi connectivity index (χ0n) is 9.36. The minimum absolute atomic E-state index is 0.387. The summed E-state index contributed by atoms with van der Waals surface area (Å²) < 4.78 is 0. The molecule has 2 atom stereocenters. The number of rotatable bonds is 5. The summed E-state index contributed by atoms with van der Waals surface area (Å²) in [5.74, 6) is 0.161. The summed E-state index contributed by atoms with van der Waals surface area (Å²) in [6.45, 7) is 2.35. The molecule has 3 N–H and O–H groups in total. The zero-order valence-corrected chi connectivity index (χ0v) is 10.2. The maximum absolute atomic E-state index is 11.4. The van der Waals surface area contributed by atoms with Crippen molar-refractivity contribution in [2.24, 2.45) is 0 Å². The Labute approximate surface area is 99.4 Å². The lowest BCUT2D eigenvalue weighted by molar-refractivity contribution is -0.139. The molecule has 1 saturated heterocycles. The van der Waals surface area contributed by atoms with Crippen LogP contribution >= 0.6 is 11.8 Å². The van der Waals surface area contributed by atoms with Crippen LogP contribution in [-0.4, -0.2) is 40.7 Å². The van der Waals surface area contributed by atoms with Crippen molar-refractivity contribution >= 4 is 23.8 Å². The quantitative estimate of drug-likeness (QED) is 0.677. The minimum atomic E-state index is -0.993. The number of nitrogens with one attached hydrogen (secondary N) is 2. The average Bonchev–Trinajstić information content (AvgIpc) is 2.75. The molecule has 92 valence electrons. The van der Waals surface area contributed by atoms with Crippen LogP contribution in [0.1, 0.15) is 26.2 Å². The number of carbonyl (C=O) groups is 2. The molecule has 0 radical (unpaired) electrons. The molecule has 2 amide bonds. The molecule has 16 heavy (non-hydrogen) atoms. The van der Waals surface area contributed by atoms with Gasteiger partial charge in [-0.05, 0) is 25.0 Å². The Morgan fingerprint density at radius 1 is 1.56 bits per heavy atom. The van der Waals surface area contributed by atoms with Crippen molar-refractivity contribution in [3.8, 4) is 0 Å². The third-order valence-electron chi connectivity index (χ3n) is 2.53. The highest BCUT2D eigenvalue weighted by atomic mass is 32.2. The van der Waals surface area contributed by atoms with E-state index in [1.807, 2.05) is 11.8 Å². The molecule has 0 saturated carbocycles. The van der Waals surface area contributed by atoms with Crippen LogP contribution in [0.15, 0.2) is 0 Å². The van der Waals surface area contributed by atoms with Gasteiger partial charge >= 0.3 is 12.0 Å². The van der Waals surface area contributed by atoms with E-state index in [9.17, 15) is 9.59 Å². The van der Waals surface area contributed by atoms with Crippen molar-refractivity contribution < 1.29 is 14.7 Å². The number of urea groups is 1. The molecule has 0 aromatic heterocycles. The van der Waals surface area contributed by atoms with E-state index in [0.717, 1.165) is 12.2 Å². The summed E-state index contributed by atoms with van der Waals surface area (Å²) in [6, 6.07) is -1.18. The summed E-state index contributed by atoms with van der Waals surface area (Å²) in [5.41, 5.74) is 0. The van der Waals surface area contributed by atoms with Crippen LogP contribution < -0.4 is 10.6 Å². The smallest absolute Gasteiger partial charge is 0.326 e. The fourth-order valence-electron chi connectivity index (χ4n) is 1.56. The first-order valence-electron chi connectivity index (χ1n) is 5.52. The van der Waals surface area contributed by atoms with Gasteiger partial charge in [-0.3, -0.25) is 0 Å². The molecular weight excluding hydrogens is 228 g/mol. The van der Waals surface area contributed by atoms with Crippen molar-refractivity contribution in [3.05, 3.63) is 0 Å². The van der Waals surface area contributed by atoms with Gasteiger partial charge < -0.3 is 15.7 Å². The van der Waals surface area contributed by atoms with Crippen LogP contribution in [0.2, 0.25) is 0 Å². The molecule has 0 spiro atoms. The molecule has 2 unspecified atom stereocenters. The number of aliphatic carboxylic acids is 1. The van der Waals surface area contributed by atoms with E-state index in [2.05, 4.69) is 10.6 Å². The van der Waals surface area contributed by atoms with Gasteiger partial charge in [0.15, 0.2) is 0 Å². The van der Waals surface area contributed by atoms with Gasteiger partial charge in [-0.15, -0.1) is 0 Å². The highest BCUT2D eigenvalue weighted by Gasteiger charge is 2.19. The first kappa shape index (κ1) is 13.2. The van der Waals surface area contributed by atoms with E-state index in [-0.39, 0.29) is 6.03 Å². The summed E-state index contributed by atoms with van der Waals surface area (Å²) in [6.07, 6.45) is 2.72. The minimum Gasteiger partial charge on any atom is -0.480 e. The van der Waals surface area contributed by atoms with E-state index in [1.165, 1.54) is 6.42 Å². The average molecular weight is 246 g/mol. The molecule has 1 aliphatic heterocycles. The van der Waals surface area contributed by atoms with Crippen molar-refractivity contribution in [1.82, 2.24) is 10.6 Å². The van der Waals surface area contributed by atoms with E-state index in [4.69, 9.17) is 5.11 Å². The Morgan fingerprint density at radius 2 is 2.31 bits per heavy atom. The van der Waals surface area contributed by atoms with Gasteiger partial charge in [0, 0.05) is 11.8 Å². The second-order valence-corrected chi connectivity index (χ2v) is 5.20. The van der Waals surface area contributed by atoms with Crippen molar-refractivity contribution in [2.45, 2.75) is 37.5 Å². The Morgan fingerprint density at radius 3 is 2.81 bits per heavy atom. The Kier molecular flexibility index (Phi) is 5.45. The second-order valence-electron chi connectivity index (χ2n) is 3.79. The maximum atomic E-state index is 11.4. The van der Waals surface area contributed by atoms with Crippen LogP contribution in [0.3, 0.4) is 0 Å². The summed E-state index contributed by atoms with van der Waals surface area (Å²) in [4.78, 5) is 22.1. The normalized spacial score (nSPS) is 21.4. The van der Waals surface area contributed by atoms with Crippen LogP contribution in [0, 0.1) is 0 Å². The monoisotopic (exact) mass is 246 g/mol. The molecule has 0 bridgehead atoms. The van der Waals surface area contributed by atoms with Crippen LogP contribution in [-0.2, 0) is 4.79 Å². The summed E-state index contributed by atoms with van der Waals surface area (Å²) in [7, 11) is 0. The highest BCUT2D eigenvalue weighted by molar-refractivity contribution is 8.00. The van der Waals surface area contributed by atoms with Crippen LogP contribution in [0.4, 0.5) is 4.79 Å². The van der Waals surface area contributed by atoms with Gasteiger partial charge in [-0.1, -0.05) is 6.92 Å². The second kappa shape index (κ2) is 6.62. The van der Waals surface area contributed by atoms with Gasteiger partial charge in [-0.25, -0.2) is 9.59 Å². The molecule has 1 heterocycles. The van der Waals surface area contributed by atoms with Gasteiger partial charge in [0.1, 0.15) is 6.04 Å². The topological polar surface area (TPSA) is 78.4 Å². The highest BCUT2D eigenvalue weighted by Crippen LogP contribution is 2.25. The van der Waals surface area contributed by atoms with Crippen molar-refractivity contribution in [2.75, 3.05) is 12.3 Å². The zero-order chi connectivity index (χ0) is 12.0. The number of carbonyl (C=O) groups excluding carboxylic acids is 1. The number of carboxylic acids is 1. The lowest BCUT2D eigenvalue weighted by atomic mass is 10.2. The number of amides is 2. The third-order valence-corrected chi connectivity index (χ3v) is 3.92. The van der Waals surface area contributed by atoms with E-state index in [1.54, 1.807) is 6.92 Å². The molecular formula is C10H18N2O3S. The molecule has 1 aliphatic rings. The molecule has 1 rings (SSSR count). The predicted molar refractivity (Wildman–Crippen MR) is 63.7 cm³/mol. The fraction of sp³-hybridized carbons (Fsp3) is 0.800. The van der Waals surface area contributed by atoms with Gasteiger partial charge in [0.2, 0.25) is 0 Å². The van der Waals surface area contributed by atoms with Crippen LogP contribution in [0.5, 0.6) is 0 Å². The molecule has 6 heteroatoms. The first-order valence-corrected chi connectivity index (χ1v) is 6.57. The molecule has 0 aromatic carbocycles. The van der Waals surface area contributed by atoms with Gasteiger partial charge in [0.25, 0.3) is 0 Å². The largest absolute Gasteiger partial charge is 0.480 e. The van der Waals surface area contributed by atoms with E-state index >= 15 is 0 Å². The number of thioether (sulfide) groups is 1. The Balaban J connectivity index is 2.21. The SMILES string of the molecule is CCC(NC(=O)NCC1CCCS1)C(=O)O. The first-order chi connectivity index (χ1) is 7.63. The third kappa shape index (κ3) is 4.30. The van der Waals surface area contributed by atoms with Gasteiger partial charge in [0.05, 0.1) is 0 Å². The van der Waals surface area contributed by atoms with E-state index in [0.29, 0.717) is 18.2 Å². The van der Waals surface area contributed by atoms with Crippen molar-refractivity contribution in [3.63, 3.8) is 0 Å². The lowest BCUT2D eigenvalue weighted by Crippen LogP contribution is -2.46. The maximum Gasteiger partial charge on any atom is 0.326 e. The Bertz CT molecular complexity index is 254. The number of hydrogen-bond acceptors (Lipinski definition) is 3. The standard InChI is InChI=1S/C10H18N2O3S/c1-2-8(9(13)14)12-10(15)11-6-7-4-3-5-16-7/h7-8H,2-6H2,1H3,(H,13,14)(H2,11,12,15). The molecule has 5 nitrogen and oxygen atoms in total. The van der Waals surface area contributed by atoms with Gasteiger partial charge in [-0.2, -0.15) is 11.8 Å². The summed E-state index contributed by atoms with van der Waals surface area (Å²) in [5, 5.41) is 14.4. The molecule has 0 aromatic rings. The molecule has 0 aliphatic carbocycles. The van der Waals surface area contributed by atoms with Crippen molar-refractivity contribution in [1.29, 1.82) is 0 Å². The predicted octanol–water partition coefficient (Wildman–Crippen LogP) is 1.04. The summed E-state index contributed by atoms with van der Waals surface area (Å²) >= 11 is 1.86. The fourth-order valence-corrected chi connectivity index (χ4v) is 2.76. The number of carboxylic acid groups (broad SMARTS) is 1. The van der Waals surface area contributed by atoms with E-state index < -0.39 is 12.0 Å². The molecule has 1 fully saturated rings. The van der Waals surface area contributed by atoms with Crippen LogP contribution in [0.25, 0.3) is 0 Å². The number of hydrogen-bond donors (Lipinski definition) is 3. The lowest BCUT2D eigenvalue weighted by Gasteiger charge is -2.14.